The lowest BCUT2D eigenvalue weighted by atomic mass is 10.1. The van der Waals surface area contributed by atoms with E-state index in [4.69, 9.17) is 11.6 Å². The Labute approximate surface area is 111 Å². The van der Waals surface area contributed by atoms with Crippen molar-refractivity contribution in [3.63, 3.8) is 0 Å². The SMILES string of the molecule is CCn1nc(C)c(Br)c1CC(C)=CCCCl. The molecule has 1 rings (SSSR count). The Morgan fingerprint density at radius 1 is 1.56 bits per heavy atom. The first-order valence-corrected chi connectivity index (χ1v) is 6.86. The lowest BCUT2D eigenvalue weighted by Gasteiger charge is -2.05. The van der Waals surface area contributed by atoms with Crippen molar-refractivity contribution in [3.8, 4) is 0 Å². The van der Waals surface area contributed by atoms with Crippen LogP contribution in [0.1, 0.15) is 31.7 Å². The van der Waals surface area contributed by atoms with Crippen molar-refractivity contribution in [3.05, 3.63) is 27.5 Å². The fourth-order valence-electron chi connectivity index (χ4n) is 1.68. The van der Waals surface area contributed by atoms with E-state index in [0.29, 0.717) is 5.88 Å². The van der Waals surface area contributed by atoms with Gasteiger partial charge in [0.15, 0.2) is 0 Å². The minimum Gasteiger partial charge on any atom is -0.268 e. The van der Waals surface area contributed by atoms with Crippen molar-refractivity contribution < 1.29 is 0 Å². The molecule has 90 valence electrons. The molecule has 0 bridgehead atoms. The van der Waals surface area contributed by atoms with Gasteiger partial charge in [0.2, 0.25) is 0 Å². The van der Waals surface area contributed by atoms with E-state index >= 15 is 0 Å². The molecule has 1 aromatic rings. The van der Waals surface area contributed by atoms with Crippen LogP contribution < -0.4 is 0 Å². The molecule has 16 heavy (non-hydrogen) atoms. The van der Waals surface area contributed by atoms with E-state index in [-0.39, 0.29) is 0 Å². The van der Waals surface area contributed by atoms with Gasteiger partial charge in [0, 0.05) is 18.8 Å². The van der Waals surface area contributed by atoms with Gasteiger partial charge in [0.25, 0.3) is 0 Å². The van der Waals surface area contributed by atoms with E-state index in [9.17, 15) is 0 Å². The van der Waals surface area contributed by atoms with Crippen molar-refractivity contribution >= 4 is 27.5 Å². The number of aromatic nitrogens is 2. The number of halogens is 2. The molecule has 2 nitrogen and oxygen atoms in total. The maximum absolute atomic E-state index is 5.67. The largest absolute Gasteiger partial charge is 0.268 e. The van der Waals surface area contributed by atoms with E-state index in [1.54, 1.807) is 0 Å². The lowest BCUT2D eigenvalue weighted by molar-refractivity contribution is 0.623. The second-order valence-electron chi connectivity index (χ2n) is 3.87. The van der Waals surface area contributed by atoms with Gasteiger partial charge in [-0.15, -0.1) is 11.6 Å². The highest BCUT2D eigenvalue weighted by atomic mass is 79.9. The Balaban J connectivity index is 2.87. The summed E-state index contributed by atoms with van der Waals surface area (Å²) in [6.45, 7) is 7.18. The molecule has 0 unspecified atom stereocenters. The van der Waals surface area contributed by atoms with Gasteiger partial charge in [0.1, 0.15) is 0 Å². The number of alkyl halides is 1. The fraction of sp³-hybridized carbons (Fsp3) is 0.583. The highest BCUT2D eigenvalue weighted by molar-refractivity contribution is 9.10. The minimum absolute atomic E-state index is 0.685. The first-order valence-electron chi connectivity index (χ1n) is 5.53. The normalized spacial score (nSPS) is 12.2. The van der Waals surface area contributed by atoms with Crippen molar-refractivity contribution in [2.75, 3.05) is 5.88 Å². The Kier molecular flexibility index (Phi) is 5.56. The number of hydrogen-bond acceptors (Lipinski definition) is 1. The van der Waals surface area contributed by atoms with Crippen LogP contribution in [0.2, 0.25) is 0 Å². The van der Waals surface area contributed by atoms with Crippen molar-refractivity contribution in [2.24, 2.45) is 0 Å². The second-order valence-corrected chi connectivity index (χ2v) is 5.04. The van der Waals surface area contributed by atoms with E-state index in [1.165, 1.54) is 11.3 Å². The van der Waals surface area contributed by atoms with Gasteiger partial charge in [-0.25, -0.2) is 0 Å². The molecule has 0 aromatic carbocycles. The molecule has 0 aliphatic carbocycles. The molecule has 1 aromatic heterocycles. The predicted octanol–water partition coefficient (Wildman–Crippen LogP) is 4.09. The molecule has 0 fully saturated rings. The van der Waals surface area contributed by atoms with Gasteiger partial charge >= 0.3 is 0 Å². The van der Waals surface area contributed by atoms with Crippen LogP contribution in [0.15, 0.2) is 16.1 Å². The summed E-state index contributed by atoms with van der Waals surface area (Å²) < 4.78 is 3.19. The van der Waals surface area contributed by atoms with Crippen LogP contribution in [0.4, 0.5) is 0 Å². The molecule has 0 spiro atoms. The highest BCUT2D eigenvalue weighted by Gasteiger charge is 2.11. The molecule has 0 aliphatic rings. The molecule has 0 radical (unpaired) electrons. The third kappa shape index (κ3) is 3.36. The Morgan fingerprint density at radius 2 is 2.25 bits per heavy atom. The molecule has 0 amide bonds. The van der Waals surface area contributed by atoms with Crippen LogP contribution in [-0.4, -0.2) is 15.7 Å². The molecule has 1 heterocycles. The van der Waals surface area contributed by atoms with Crippen LogP contribution in [0.25, 0.3) is 0 Å². The lowest BCUT2D eigenvalue weighted by Crippen LogP contribution is -2.03. The monoisotopic (exact) mass is 304 g/mol. The van der Waals surface area contributed by atoms with Gasteiger partial charge in [-0.2, -0.15) is 5.10 Å². The maximum Gasteiger partial charge on any atom is 0.0738 e. The fourth-order valence-corrected chi connectivity index (χ4v) is 2.21. The standard InChI is InChI=1S/C12H18BrClN2/c1-4-16-11(12(13)10(3)15-16)8-9(2)6-5-7-14/h6H,4-5,7-8H2,1-3H3. The van der Waals surface area contributed by atoms with E-state index in [0.717, 1.165) is 29.6 Å². The molecular weight excluding hydrogens is 288 g/mol. The van der Waals surface area contributed by atoms with Crippen LogP contribution in [0, 0.1) is 6.92 Å². The molecule has 0 saturated carbocycles. The van der Waals surface area contributed by atoms with Gasteiger partial charge in [-0.1, -0.05) is 11.6 Å². The van der Waals surface area contributed by atoms with E-state index < -0.39 is 0 Å². The first kappa shape index (κ1) is 13.8. The third-order valence-electron chi connectivity index (χ3n) is 2.50. The van der Waals surface area contributed by atoms with Crippen LogP contribution in [0.3, 0.4) is 0 Å². The zero-order chi connectivity index (χ0) is 12.1. The number of rotatable bonds is 5. The zero-order valence-corrected chi connectivity index (χ0v) is 12.4. The predicted molar refractivity (Wildman–Crippen MR) is 73.1 cm³/mol. The Hall–Kier alpha value is -0.280. The molecule has 4 heteroatoms. The summed E-state index contributed by atoms with van der Waals surface area (Å²) in [5.41, 5.74) is 3.65. The summed E-state index contributed by atoms with van der Waals surface area (Å²) in [5, 5.41) is 4.48. The van der Waals surface area contributed by atoms with Crippen molar-refractivity contribution in [1.29, 1.82) is 0 Å². The minimum atomic E-state index is 0.685. The molecule has 0 N–H and O–H groups in total. The zero-order valence-electron chi connectivity index (χ0n) is 10.1. The van der Waals surface area contributed by atoms with Gasteiger partial charge in [-0.05, 0) is 43.1 Å². The van der Waals surface area contributed by atoms with Crippen LogP contribution in [-0.2, 0) is 13.0 Å². The summed E-state index contributed by atoms with van der Waals surface area (Å²) in [5.74, 6) is 0.685. The molecule has 0 atom stereocenters. The quantitative estimate of drug-likeness (QED) is 0.592. The Bertz CT molecular complexity index is 383. The van der Waals surface area contributed by atoms with Crippen LogP contribution >= 0.6 is 27.5 Å². The summed E-state index contributed by atoms with van der Waals surface area (Å²) >= 11 is 9.27. The van der Waals surface area contributed by atoms with Crippen LogP contribution in [0.5, 0.6) is 0 Å². The number of aryl methyl sites for hydroxylation is 2. The number of nitrogens with zero attached hydrogens (tertiary/aromatic N) is 2. The number of allylic oxidation sites excluding steroid dienone is 2. The summed E-state index contributed by atoms with van der Waals surface area (Å²) in [6.07, 6.45) is 4.07. The average Bonchev–Trinajstić information content (AvgIpc) is 2.54. The highest BCUT2D eigenvalue weighted by Crippen LogP contribution is 2.23. The molecular formula is C12H18BrClN2. The van der Waals surface area contributed by atoms with Crippen molar-refractivity contribution in [2.45, 2.75) is 40.2 Å². The summed E-state index contributed by atoms with van der Waals surface area (Å²) in [7, 11) is 0. The van der Waals surface area contributed by atoms with E-state index in [1.807, 2.05) is 6.92 Å². The summed E-state index contributed by atoms with van der Waals surface area (Å²) in [4.78, 5) is 0. The average molecular weight is 306 g/mol. The van der Waals surface area contributed by atoms with Gasteiger partial charge in [0.05, 0.1) is 15.9 Å². The van der Waals surface area contributed by atoms with Crippen molar-refractivity contribution in [1.82, 2.24) is 9.78 Å². The smallest absolute Gasteiger partial charge is 0.0738 e. The van der Waals surface area contributed by atoms with Gasteiger partial charge < -0.3 is 0 Å². The molecule has 0 saturated heterocycles. The third-order valence-corrected chi connectivity index (χ3v) is 3.75. The number of hydrogen-bond donors (Lipinski definition) is 0. The second kappa shape index (κ2) is 6.45. The topological polar surface area (TPSA) is 17.8 Å². The first-order chi connectivity index (χ1) is 7.60. The van der Waals surface area contributed by atoms with Gasteiger partial charge in [-0.3, -0.25) is 4.68 Å². The summed E-state index contributed by atoms with van der Waals surface area (Å²) in [6, 6.07) is 0. The molecule has 0 aliphatic heterocycles. The maximum atomic E-state index is 5.67. The van der Waals surface area contributed by atoms with E-state index in [2.05, 4.69) is 45.6 Å². The Morgan fingerprint density at radius 3 is 2.81 bits per heavy atom.